The molecule has 3 rings (SSSR count). The zero-order valence-electron chi connectivity index (χ0n) is 14.1. The number of benzene rings is 2. The molecule has 1 aliphatic heterocycles. The van der Waals surface area contributed by atoms with Crippen molar-refractivity contribution in [2.45, 2.75) is 30.8 Å². The molecule has 28 heavy (non-hydrogen) atoms. The van der Waals surface area contributed by atoms with E-state index in [-0.39, 0.29) is 23.5 Å². The van der Waals surface area contributed by atoms with Gasteiger partial charge in [0.1, 0.15) is 16.7 Å². The Morgan fingerprint density at radius 3 is 2.18 bits per heavy atom. The number of fused-ring (bicyclic) bond motifs is 1. The molecule has 0 spiro atoms. The van der Waals surface area contributed by atoms with Crippen LogP contribution in [0.4, 0.5) is 22.0 Å². The fourth-order valence-electron chi connectivity index (χ4n) is 2.57. The summed E-state index contributed by atoms with van der Waals surface area (Å²) in [5.74, 6) is -14.4. The molecule has 0 fully saturated rings. The molecule has 0 N–H and O–H groups in total. The third-order valence-corrected chi connectivity index (χ3v) is 5.28. The highest BCUT2D eigenvalue weighted by Crippen LogP contribution is 2.34. The third-order valence-electron chi connectivity index (χ3n) is 4.07. The lowest BCUT2D eigenvalue weighted by atomic mass is 10.00. The summed E-state index contributed by atoms with van der Waals surface area (Å²) >= 11 is 0. The predicted octanol–water partition coefficient (Wildman–Crippen LogP) is 3.89. The Morgan fingerprint density at radius 1 is 1.04 bits per heavy atom. The molecule has 1 atom stereocenters. The van der Waals surface area contributed by atoms with Crippen molar-refractivity contribution in [3.63, 3.8) is 0 Å². The Balaban J connectivity index is 2.03. The van der Waals surface area contributed by atoms with Crippen LogP contribution in [0.2, 0.25) is 0 Å². The number of halogens is 5. The summed E-state index contributed by atoms with van der Waals surface area (Å²) in [5.41, 5.74) is 0.0971. The number of carbonyl (C=O) groups excluding carboxylic acids is 1. The average Bonchev–Trinajstić information content (AvgIpc) is 2.67. The molecule has 11 heteroatoms. The van der Waals surface area contributed by atoms with Gasteiger partial charge in [-0.1, -0.05) is 6.92 Å². The van der Waals surface area contributed by atoms with Gasteiger partial charge in [0.2, 0.25) is 34.8 Å². The Bertz CT molecular complexity index is 1050. The molecule has 0 aliphatic carbocycles. The molecule has 0 saturated heterocycles. The monoisotopic (exact) mass is 422 g/mol. The van der Waals surface area contributed by atoms with Crippen LogP contribution in [0.1, 0.15) is 30.1 Å². The van der Waals surface area contributed by atoms with Crippen molar-refractivity contribution >= 4 is 15.9 Å². The highest BCUT2D eigenvalue weighted by molar-refractivity contribution is 7.87. The minimum atomic E-state index is -5.01. The molecule has 5 nitrogen and oxygen atoms in total. The van der Waals surface area contributed by atoms with E-state index in [1.807, 2.05) is 0 Å². The number of hydrogen-bond acceptors (Lipinski definition) is 5. The van der Waals surface area contributed by atoms with Gasteiger partial charge in [0.15, 0.2) is 5.78 Å². The first-order valence-electron chi connectivity index (χ1n) is 7.86. The minimum Gasteiger partial charge on any atom is -0.489 e. The van der Waals surface area contributed by atoms with Crippen LogP contribution in [0, 0.1) is 29.1 Å². The van der Waals surface area contributed by atoms with Gasteiger partial charge in [-0.3, -0.25) is 4.79 Å². The molecule has 0 radical (unpaired) electrons. The molecule has 1 heterocycles. The lowest BCUT2D eigenvalue weighted by molar-refractivity contribution is 0.0844. The second kappa shape index (κ2) is 7.04. The van der Waals surface area contributed by atoms with Gasteiger partial charge in [-0.25, -0.2) is 13.2 Å². The van der Waals surface area contributed by atoms with Gasteiger partial charge in [0, 0.05) is 12.5 Å². The fourth-order valence-corrected chi connectivity index (χ4v) is 3.52. The van der Waals surface area contributed by atoms with E-state index in [2.05, 4.69) is 4.18 Å². The summed E-state index contributed by atoms with van der Waals surface area (Å²) in [6.07, 6.45) is 0.0638. The molecule has 2 aromatic carbocycles. The van der Waals surface area contributed by atoms with Crippen molar-refractivity contribution in [3.05, 3.63) is 52.8 Å². The van der Waals surface area contributed by atoms with Gasteiger partial charge in [-0.15, -0.1) is 0 Å². The Morgan fingerprint density at radius 2 is 1.61 bits per heavy atom. The van der Waals surface area contributed by atoms with Crippen LogP contribution in [0.5, 0.6) is 11.5 Å². The van der Waals surface area contributed by atoms with Crippen molar-refractivity contribution in [2.24, 2.45) is 0 Å². The second-order valence-corrected chi connectivity index (χ2v) is 7.42. The Labute approximate surface area is 155 Å². The molecular weight excluding hydrogens is 411 g/mol. The van der Waals surface area contributed by atoms with E-state index in [1.54, 1.807) is 6.92 Å². The minimum absolute atomic E-state index is 0.0924. The first kappa shape index (κ1) is 20.1. The van der Waals surface area contributed by atoms with E-state index in [0.717, 1.165) is 18.2 Å². The molecule has 1 aliphatic rings. The van der Waals surface area contributed by atoms with Crippen LogP contribution in [0.25, 0.3) is 0 Å². The molecular formula is C17H11F5O5S. The highest BCUT2D eigenvalue weighted by Gasteiger charge is 2.32. The largest absolute Gasteiger partial charge is 0.489 e. The normalized spacial score (nSPS) is 16.5. The quantitative estimate of drug-likeness (QED) is 0.324. The summed E-state index contributed by atoms with van der Waals surface area (Å²) in [6, 6.07) is 2.89. The molecule has 0 bridgehead atoms. The van der Waals surface area contributed by atoms with Gasteiger partial charge < -0.3 is 8.92 Å². The summed E-state index contributed by atoms with van der Waals surface area (Å²) in [7, 11) is -5.01. The summed E-state index contributed by atoms with van der Waals surface area (Å²) in [4.78, 5) is 11.3. The van der Waals surface area contributed by atoms with Crippen LogP contribution in [0.15, 0.2) is 23.1 Å². The fraction of sp³-hybridized carbons (Fsp3) is 0.235. The maximum absolute atomic E-state index is 13.7. The molecule has 0 unspecified atom stereocenters. The predicted molar refractivity (Wildman–Crippen MR) is 84.1 cm³/mol. The van der Waals surface area contributed by atoms with Crippen LogP contribution in [0.3, 0.4) is 0 Å². The lowest BCUT2D eigenvalue weighted by Crippen LogP contribution is -2.26. The van der Waals surface area contributed by atoms with Crippen LogP contribution >= 0.6 is 0 Å². The summed E-state index contributed by atoms with van der Waals surface area (Å²) in [6.45, 7) is 1.75. The number of hydrogen-bond donors (Lipinski definition) is 0. The zero-order chi connectivity index (χ0) is 20.8. The van der Waals surface area contributed by atoms with Crippen molar-refractivity contribution in [3.8, 4) is 11.5 Å². The number of ether oxygens (including phenoxy) is 1. The SMILES string of the molecule is CC[C@@H]1CC(=O)c2ccc(S(=O)(=O)Oc3c(F)c(F)c(F)c(F)c3F)cc2O1. The van der Waals surface area contributed by atoms with E-state index in [4.69, 9.17) is 4.74 Å². The van der Waals surface area contributed by atoms with Crippen molar-refractivity contribution < 1.29 is 44.1 Å². The molecule has 2 aromatic rings. The van der Waals surface area contributed by atoms with Gasteiger partial charge in [-0.2, -0.15) is 17.2 Å². The van der Waals surface area contributed by atoms with Gasteiger partial charge >= 0.3 is 10.1 Å². The zero-order valence-corrected chi connectivity index (χ0v) is 14.9. The highest BCUT2D eigenvalue weighted by atomic mass is 32.2. The van der Waals surface area contributed by atoms with E-state index in [9.17, 15) is 35.2 Å². The molecule has 0 saturated carbocycles. The van der Waals surface area contributed by atoms with E-state index in [1.165, 1.54) is 0 Å². The topological polar surface area (TPSA) is 69.7 Å². The maximum Gasteiger partial charge on any atom is 0.339 e. The third kappa shape index (κ3) is 3.30. The van der Waals surface area contributed by atoms with Crippen LogP contribution in [-0.4, -0.2) is 20.3 Å². The van der Waals surface area contributed by atoms with Gasteiger partial charge in [0.25, 0.3) is 0 Å². The number of Topliss-reactive ketones (excluding diaryl/α,β-unsaturated/α-hetero) is 1. The lowest BCUT2D eigenvalue weighted by Gasteiger charge is -2.24. The van der Waals surface area contributed by atoms with Crippen LogP contribution in [-0.2, 0) is 10.1 Å². The maximum atomic E-state index is 13.7. The first-order chi connectivity index (χ1) is 13.1. The number of ketones is 1. The number of carbonyl (C=O) groups is 1. The number of rotatable bonds is 4. The van der Waals surface area contributed by atoms with Gasteiger partial charge in [0.05, 0.1) is 5.56 Å². The van der Waals surface area contributed by atoms with E-state index in [0.29, 0.717) is 6.42 Å². The Kier molecular flexibility index (Phi) is 5.04. The summed E-state index contributed by atoms with van der Waals surface area (Å²) in [5, 5.41) is 0. The van der Waals surface area contributed by atoms with Crippen molar-refractivity contribution in [2.75, 3.05) is 0 Å². The van der Waals surface area contributed by atoms with Gasteiger partial charge in [-0.05, 0) is 18.6 Å². The molecule has 0 amide bonds. The van der Waals surface area contributed by atoms with E-state index < -0.39 is 56.0 Å². The smallest absolute Gasteiger partial charge is 0.339 e. The summed E-state index contributed by atoms with van der Waals surface area (Å²) < 4.78 is 101. The standard InChI is InChI=1S/C17H11F5O5S/c1-2-7-5-10(23)9-4-3-8(6-11(9)26-7)28(24,25)27-17-15(21)13(19)12(18)14(20)16(17)22/h3-4,6-7H,2,5H2,1H3/t7-/m1/s1. The molecule has 0 aromatic heterocycles. The molecule has 150 valence electrons. The van der Waals surface area contributed by atoms with Crippen LogP contribution < -0.4 is 8.92 Å². The van der Waals surface area contributed by atoms with E-state index >= 15 is 0 Å². The van der Waals surface area contributed by atoms with Crippen molar-refractivity contribution in [1.82, 2.24) is 0 Å². The first-order valence-corrected chi connectivity index (χ1v) is 9.27. The van der Waals surface area contributed by atoms with Crippen molar-refractivity contribution in [1.29, 1.82) is 0 Å². The second-order valence-electron chi connectivity index (χ2n) is 5.87. The average molecular weight is 422 g/mol. The Hall–Kier alpha value is -2.69.